The van der Waals surface area contributed by atoms with Crippen molar-refractivity contribution in [3.05, 3.63) is 485 Å². The predicted molar refractivity (Wildman–Crippen MR) is 591 cm³/mol. The SMILES string of the molecule is c1ccc(-n2c3ccccc3c3ccc(-c4ccc5c(c4)c4ccccc4n5-c4ccc5c6ccccc6c6ccccc6c5c4)cc32)cc1.c1ccc2c(c1)oc1ccc(-c3ccc4c(c3)c3ccccc3n4-c3ccc4c5ccccc5c5ccccc5c4c3)cc12.c1ccc2c(c1)sc1ccc(-c3ccc4c(c3)c3ccccc3n4-c3ccc4c5ccccc5c5ccccc5c4c3)cc12. The fraction of sp³-hybridized carbons (Fsp3) is 0. The van der Waals surface area contributed by atoms with Crippen LogP contribution in [0.4, 0.5) is 0 Å². The average molecular weight is 1770 g/mol. The van der Waals surface area contributed by atoms with Crippen LogP contribution in [0.3, 0.4) is 0 Å². The summed E-state index contributed by atoms with van der Waals surface area (Å²) in [6.07, 6.45) is 0. The molecule has 0 saturated heterocycles. The molecule has 6 heterocycles. The summed E-state index contributed by atoms with van der Waals surface area (Å²) in [5, 5.41) is 38.3. The smallest absolute Gasteiger partial charge is 0.135 e. The first-order valence-corrected chi connectivity index (χ1v) is 48.3. The average Bonchev–Trinajstić information content (AvgIpc) is 1.60. The van der Waals surface area contributed by atoms with Gasteiger partial charge in [0, 0.05) is 96.8 Å². The van der Waals surface area contributed by atoms with Gasteiger partial charge in [-0.1, -0.05) is 334 Å². The van der Waals surface area contributed by atoms with E-state index in [1.165, 1.54) is 260 Å². The molecule has 0 radical (unpaired) electrons. The number of thiophene rings is 1. The number of aromatic nitrogens is 4. The van der Waals surface area contributed by atoms with E-state index in [-0.39, 0.29) is 0 Å². The first kappa shape index (κ1) is 77.6. The van der Waals surface area contributed by atoms with E-state index in [0.29, 0.717) is 0 Å². The second-order valence-electron chi connectivity index (χ2n) is 36.8. The normalized spacial score (nSPS) is 12.1. The van der Waals surface area contributed by atoms with Crippen LogP contribution in [0.5, 0.6) is 0 Å². The standard InChI is InChI=1S/C48H30N2.C42H25NO.C42H25NS/c1-2-12-33(13-3-1)49-45-20-10-8-18-40(45)42-25-22-32(29-48(42)49)31-23-27-47-44(28-31)41-19-9-11-21-46(41)50(47)34-24-26-39-37-16-5-4-14-35(37)36-15-6-7-17-38(36)43(39)30-34;2*1-2-11-31-29(9-1)30-10-3-4-12-32(30)36-25-28(19-20-33(31)36)43-39-15-7-5-13-34(39)37-23-26(17-21-40(37)43)27-18-22-42-38(24-27)35-14-6-8-16-41(35)44-42/h1-30H;2*1-25H. The van der Waals surface area contributed by atoms with Crippen molar-refractivity contribution in [2.24, 2.45) is 0 Å². The van der Waals surface area contributed by atoms with E-state index in [4.69, 9.17) is 4.42 Å². The van der Waals surface area contributed by atoms with Crippen LogP contribution in [0.25, 0.3) is 282 Å². The Morgan fingerprint density at radius 1 is 0.123 bits per heavy atom. The topological polar surface area (TPSA) is 32.9 Å². The van der Waals surface area contributed by atoms with Crippen LogP contribution in [0.1, 0.15) is 0 Å². The highest BCUT2D eigenvalue weighted by Crippen LogP contribution is 2.48. The van der Waals surface area contributed by atoms with E-state index in [0.717, 1.165) is 21.9 Å². The predicted octanol–water partition coefficient (Wildman–Crippen LogP) is 37.1. The van der Waals surface area contributed by atoms with Gasteiger partial charge < -0.3 is 22.7 Å². The van der Waals surface area contributed by atoms with E-state index >= 15 is 0 Å². The molecule has 0 spiro atoms. The van der Waals surface area contributed by atoms with Gasteiger partial charge in [-0.3, -0.25) is 0 Å². The van der Waals surface area contributed by atoms with Gasteiger partial charge in [-0.05, 0) is 282 Å². The molecule has 6 heteroatoms. The molecule has 5 nitrogen and oxygen atoms in total. The van der Waals surface area contributed by atoms with Crippen molar-refractivity contribution in [1.82, 2.24) is 18.3 Å². The molecule has 0 aliphatic carbocycles. The first-order valence-electron chi connectivity index (χ1n) is 47.5. The lowest BCUT2D eigenvalue weighted by atomic mass is 9.94. The minimum Gasteiger partial charge on any atom is -0.456 e. The van der Waals surface area contributed by atoms with E-state index in [9.17, 15) is 0 Å². The van der Waals surface area contributed by atoms with Gasteiger partial charge in [0.05, 0.1) is 44.1 Å². The number of hydrogen-bond acceptors (Lipinski definition) is 2. The molecule has 0 atom stereocenters. The highest BCUT2D eigenvalue weighted by Gasteiger charge is 2.24. The molecule has 0 unspecified atom stereocenters. The van der Waals surface area contributed by atoms with Crippen molar-refractivity contribution in [2.75, 3.05) is 0 Å². The van der Waals surface area contributed by atoms with Crippen LogP contribution in [-0.2, 0) is 0 Å². The minimum atomic E-state index is 0.921. The summed E-state index contributed by atoms with van der Waals surface area (Å²) in [5.41, 5.74) is 23.6. The monoisotopic (exact) mass is 1770 g/mol. The molecular formula is C132H80N4OS. The Morgan fingerprint density at radius 2 is 0.370 bits per heavy atom. The summed E-state index contributed by atoms with van der Waals surface area (Å²) in [5.74, 6) is 0. The number of benzene rings is 25. The molecule has 0 aliphatic rings. The van der Waals surface area contributed by atoms with Crippen molar-refractivity contribution < 1.29 is 4.42 Å². The maximum absolute atomic E-state index is 6.10. The molecule has 640 valence electrons. The first-order chi connectivity index (χ1) is 68.4. The molecule has 25 aromatic carbocycles. The number of rotatable bonds is 7. The fourth-order valence-corrected chi connectivity index (χ4v) is 24.3. The van der Waals surface area contributed by atoms with Crippen LogP contribution in [-0.4, -0.2) is 18.3 Å². The van der Waals surface area contributed by atoms with Crippen LogP contribution in [0.15, 0.2) is 490 Å². The summed E-state index contributed by atoms with van der Waals surface area (Å²) >= 11 is 1.87. The molecular weight excluding hydrogens is 1690 g/mol. The van der Waals surface area contributed by atoms with Gasteiger partial charge in [0.1, 0.15) is 11.2 Å². The molecule has 0 N–H and O–H groups in total. The number of hydrogen-bond donors (Lipinski definition) is 0. The summed E-state index contributed by atoms with van der Waals surface area (Å²) in [7, 11) is 0. The Balaban J connectivity index is 0.000000100. The summed E-state index contributed by atoms with van der Waals surface area (Å²) in [6.45, 7) is 0. The van der Waals surface area contributed by atoms with Crippen LogP contribution >= 0.6 is 11.3 Å². The van der Waals surface area contributed by atoms with Gasteiger partial charge in [0.2, 0.25) is 0 Å². The Hall–Kier alpha value is -17.9. The van der Waals surface area contributed by atoms with Gasteiger partial charge in [-0.15, -0.1) is 11.3 Å². The quantitative estimate of drug-likeness (QED) is 0.146. The van der Waals surface area contributed by atoms with Crippen molar-refractivity contribution in [3.8, 4) is 56.1 Å². The molecule has 0 saturated carbocycles. The van der Waals surface area contributed by atoms with E-state index in [1.54, 1.807) is 0 Å². The van der Waals surface area contributed by atoms with Gasteiger partial charge >= 0.3 is 0 Å². The highest BCUT2D eigenvalue weighted by molar-refractivity contribution is 7.25. The minimum absolute atomic E-state index is 0.921. The molecule has 6 aromatic heterocycles. The van der Waals surface area contributed by atoms with E-state index in [1.807, 2.05) is 23.5 Å². The Labute approximate surface area is 795 Å². The molecule has 0 amide bonds. The Kier molecular flexibility index (Phi) is 17.3. The molecule has 31 rings (SSSR count). The number of fused-ring (bicyclic) bond motifs is 36. The molecule has 0 fully saturated rings. The largest absolute Gasteiger partial charge is 0.456 e. The van der Waals surface area contributed by atoms with Crippen molar-refractivity contribution in [1.29, 1.82) is 0 Å². The lowest BCUT2D eigenvalue weighted by Crippen LogP contribution is -1.94. The number of para-hydroxylation sites is 6. The third-order valence-electron chi connectivity index (χ3n) is 29.4. The Bertz CT molecular complexity index is 10100. The third-order valence-corrected chi connectivity index (χ3v) is 30.6. The summed E-state index contributed by atoms with van der Waals surface area (Å²) < 4.78 is 18.5. The number of furan rings is 1. The van der Waals surface area contributed by atoms with Crippen molar-refractivity contribution >= 4 is 238 Å². The van der Waals surface area contributed by atoms with Crippen molar-refractivity contribution in [3.63, 3.8) is 0 Å². The van der Waals surface area contributed by atoms with Crippen molar-refractivity contribution in [2.45, 2.75) is 0 Å². The zero-order valence-corrected chi connectivity index (χ0v) is 75.6. The van der Waals surface area contributed by atoms with E-state index in [2.05, 4.69) is 491 Å². The molecule has 0 bridgehead atoms. The third kappa shape index (κ3) is 12.0. The highest BCUT2D eigenvalue weighted by atomic mass is 32.1. The lowest BCUT2D eigenvalue weighted by Gasteiger charge is -2.14. The second kappa shape index (κ2) is 30.8. The van der Waals surface area contributed by atoms with Crippen LogP contribution in [0, 0.1) is 0 Å². The Morgan fingerprint density at radius 3 is 0.775 bits per heavy atom. The second-order valence-corrected chi connectivity index (χ2v) is 37.8. The summed E-state index contributed by atoms with van der Waals surface area (Å²) in [6, 6.07) is 178. The maximum atomic E-state index is 6.10. The zero-order valence-electron chi connectivity index (χ0n) is 74.8. The maximum Gasteiger partial charge on any atom is 0.135 e. The molecule has 138 heavy (non-hydrogen) atoms. The zero-order chi connectivity index (χ0) is 90.3. The van der Waals surface area contributed by atoms with E-state index < -0.39 is 0 Å². The summed E-state index contributed by atoms with van der Waals surface area (Å²) in [4.78, 5) is 0. The van der Waals surface area contributed by atoms with Gasteiger partial charge in [-0.25, -0.2) is 0 Å². The van der Waals surface area contributed by atoms with Crippen LogP contribution < -0.4 is 0 Å². The van der Waals surface area contributed by atoms with Gasteiger partial charge in [0.15, 0.2) is 0 Å². The molecule has 0 aliphatic heterocycles. The van der Waals surface area contributed by atoms with Gasteiger partial charge in [0.25, 0.3) is 0 Å². The number of nitrogens with zero attached hydrogens (tertiary/aromatic N) is 4. The fourth-order valence-electron chi connectivity index (χ4n) is 23.2. The molecule has 31 aromatic rings. The van der Waals surface area contributed by atoms with Crippen LogP contribution in [0.2, 0.25) is 0 Å². The van der Waals surface area contributed by atoms with Gasteiger partial charge in [-0.2, -0.15) is 0 Å². The lowest BCUT2D eigenvalue weighted by molar-refractivity contribution is 0.669.